The number of rotatable bonds is 2. The van der Waals surface area contributed by atoms with E-state index in [1.165, 1.54) is 4.90 Å². The Bertz CT molecular complexity index is 378. The van der Waals surface area contributed by atoms with Gasteiger partial charge in [-0.2, -0.15) is 13.2 Å². The maximum absolute atomic E-state index is 12.4. The standard InChI is InChI=1S/C13H17F3N2/c1-17-7-8-18(10-13(14,15)16)9-12(17)11-5-3-2-4-6-11/h2-6,12H,7-10H2,1H3. The van der Waals surface area contributed by atoms with E-state index < -0.39 is 12.7 Å². The first-order valence-corrected chi connectivity index (χ1v) is 6.00. The van der Waals surface area contributed by atoms with Gasteiger partial charge in [-0.1, -0.05) is 30.3 Å². The highest BCUT2D eigenvalue weighted by molar-refractivity contribution is 5.20. The minimum absolute atomic E-state index is 0.0438. The van der Waals surface area contributed by atoms with Crippen LogP contribution in [0.3, 0.4) is 0 Å². The number of hydrogen-bond acceptors (Lipinski definition) is 2. The molecular formula is C13H17F3N2. The van der Waals surface area contributed by atoms with Crippen LogP contribution in [-0.2, 0) is 0 Å². The summed E-state index contributed by atoms with van der Waals surface area (Å²) in [5, 5.41) is 0. The third-order valence-corrected chi connectivity index (χ3v) is 3.32. The molecule has 1 aromatic rings. The molecule has 18 heavy (non-hydrogen) atoms. The largest absolute Gasteiger partial charge is 0.401 e. The lowest BCUT2D eigenvalue weighted by atomic mass is 10.0. The summed E-state index contributed by atoms with van der Waals surface area (Å²) in [5.41, 5.74) is 1.08. The van der Waals surface area contributed by atoms with Gasteiger partial charge in [0.05, 0.1) is 6.54 Å². The highest BCUT2D eigenvalue weighted by atomic mass is 19.4. The van der Waals surface area contributed by atoms with Crippen LogP contribution >= 0.6 is 0 Å². The number of likely N-dealkylation sites (N-methyl/N-ethyl adjacent to an activating group) is 1. The predicted octanol–water partition coefficient (Wildman–Crippen LogP) is 2.54. The third kappa shape index (κ3) is 3.46. The number of hydrogen-bond donors (Lipinski definition) is 0. The topological polar surface area (TPSA) is 6.48 Å². The smallest absolute Gasteiger partial charge is 0.297 e. The zero-order valence-electron chi connectivity index (χ0n) is 10.3. The Balaban J connectivity index is 2.06. The van der Waals surface area contributed by atoms with Gasteiger partial charge in [-0.25, -0.2) is 0 Å². The molecule has 0 radical (unpaired) electrons. The molecule has 1 atom stereocenters. The van der Waals surface area contributed by atoms with Crippen LogP contribution in [0, 0.1) is 0 Å². The summed E-state index contributed by atoms with van der Waals surface area (Å²) in [5.74, 6) is 0. The van der Waals surface area contributed by atoms with Crippen molar-refractivity contribution < 1.29 is 13.2 Å². The first kappa shape index (κ1) is 13.4. The van der Waals surface area contributed by atoms with Crippen molar-refractivity contribution in [1.29, 1.82) is 0 Å². The Hall–Kier alpha value is -1.07. The molecule has 1 aromatic carbocycles. The van der Waals surface area contributed by atoms with E-state index in [1.54, 1.807) is 0 Å². The van der Waals surface area contributed by atoms with E-state index in [0.717, 1.165) is 5.56 Å². The maximum Gasteiger partial charge on any atom is 0.401 e. The molecule has 5 heteroatoms. The van der Waals surface area contributed by atoms with Crippen molar-refractivity contribution in [3.63, 3.8) is 0 Å². The van der Waals surface area contributed by atoms with Gasteiger partial charge in [-0.3, -0.25) is 9.80 Å². The summed E-state index contributed by atoms with van der Waals surface area (Å²) < 4.78 is 37.2. The lowest BCUT2D eigenvalue weighted by molar-refractivity contribution is -0.151. The lowest BCUT2D eigenvalue weighted by Gasteiger charge is -2.39. The molecule has 1 aliphatic heterocycles. The third-order valence-electron chi connectivity index (χ3n) is 3.32. The van der Waals surface area contributed by atoms with Crippen LogP contribution in [0.1, 0.15) is 11.6 Å². The molecule has 0 amide bonds. The fraction of sp³-hybridized carbons (Fsp3) is 0.538. The molecular weight excluding hydrogens is 241 g/mol. The van der Waals surface area contributed by atoms with Crippen LogP contribution in [-0.4, -0.2) is 49.2 Å². The van der Waals surface area contributed by atoms with Gasteiger partial charge in [0.15, 0.2) is 0 Å². The number of nitrogens with zero attached hydrogens (tertiary/aromatic N) is 2. The van der Waals surface area contributed by atoms with E-state index in [0.29, 0.717) is 19.6 Å². The molecule has 1 aliphatic rings. The SMILES string of the molecule is CN1CCN(CC(F)(F)F)CC1c1ccccc1. The summed E-state index contributed by atoms with van der Waals surface area (Å²) >= 11 is 0. The van der Waals surface area contributed by atoms with Gasteiger partial charge in [0.25, 0.3) is 0 Å². The van der Waals surface area contributed by atoms with Gasteiger partial charge in [0.2, 0.25) is 0 Å². The molecule has 0 bridgehead atoms. The quantitative estimate of drug-likeness (QED) is 0.804. The van der Waals surface area contributed by atoms with Gasteiger partial charge in [-0.05, 0) is 12.6 Å². The second kappa shape index (κ2) is 5.28. The Morgan fingerprint density at radius 1 is 1.17 bits per heavy atom. The average molecular weight is 258 g/mol. The first-order chi connectivity index (χ1) is 8.46. The van der Waals surface area contributed by atoms with Gasteiger partial charge < -0.3 is 0 Å². The second-order valence-electron chi connectivity index (χ2n) is 4.76. The van der Waals surface area contributed by atoms with Crippen LogP contribution in [0.5, 0.6) is 0 Å². The van der Waals surface area contributed by atoms with Crippen molar-refractivity contribution >= 4 is 0 Å². The van der Waals surface area contributed by atoms with Crippen molar-refractivity contribution in [3.05, 3.63) is 35.9 Å². The Morgan fingerprint density at radius 2 is 1.83 bits per heavy atom. The Labute approximate surface area is 105 Å². The molecule has 0 N–H and O–H groups in total. The lowest BCUT2D eigenvalue weighted by Crippen LogP contribution is -2.49. The number of piperazine rings is 1. The van der Waals surface area contributed by atoms with E-state index >= 15 is 0 Å². The van der Waals surface area contributed by atoms with Crippen LogP contribution in [0.4, 0.5) is 13.2 Å². The average Bonchev–Trinajstić information content (AvgIpc) is 2.31. The molecule has 1 saturated heterocycles. The fourth-order valence-corrected chi connectivity index (χ4v) is 2.36. The number of alkyl halides is 3. The van der Waals surface area contributed by atoms with E-state index in [1.807, 2.05) is 37.4 Å². The molecule has 100 valence electrons. The molecule has 0 saturated carbocycles. The van der Waals surface area contributed by atoms with Crippen LogP contribution < -0.4 is 0 Å². The molecule has 1 heterocycles. The van der Waals surface area contributed by atoms with Crippen molar-refractivity contribution in [2.24, 2.45) is 0 Å². The van der Waals surface area contributed by atoms with E-state index in [-0.39, 0.29) is 6.04 Å². The highest BCUT2D eigenvalue weighted by Gasteiger charge is 2.34. The molecule has 2 rings (SSSR count). The first-order valence-electron chi connectivity index (χ1n) is 6.00. The molecule has 0 spiro atoms. The molecule has 1 unspecified atom stereocenters. The summed E-state index contributed by atoms with van der Waals surface area (Å²) in [6, 6.07) is 9.75. The van der Waals surface area contributed by atoms with Crippen molar-refractivity contribution in [3.8, 4) is 0 Å². The zero-order chi connectivity index (χ0) is 13.2. The predicted molar refractivity (Wildman–Crippen MR) is 64.3 cm³/mol. The minimum Gasteiger partial charge on any atom is -0.297 e. The van der Waals surface area contributed by atoms with Gasteiger partial charge in [0, 0.05) is 25.7 Å². The highest BCUT2D eigenvalue weighted by Crippen LogP contribution is 2.26. The molecule has 0 aliphatic carbocycles. The van der Waals surface area contributed by atoms with Crippen molar-refractivity contribution in [1.82, 2.24) is 9.80 Å². The Morgan fingerprint density at radius 3 is 2.44 bits per heavy atom. The van der Waals surface area contributed by atoms with Gasteiger partial charge in [0.1, 0.15) is 0 Å². The van der Waals surface area contributed by atoms with Crippen LogP contribution in [0.15, 0.2) is 30.3 Å². The maximum atomic E-state index is 12.4. The molecule has 0 aromatic heterocycles. The summed E-state index contributed by atoms with van der Waals surface area (Å²) in [6.45, 7) is 0.749. The van der Waals surface area contributed by atoms with Gasteiger partial charge >= 0.3 is 6.18 Å². The summed E-state index contributed by atoms with van der Waals surface area (Å²) in [6.07, 6.45) is -4.11. The summed E-state index contributed by atoms with van der Waals surface area (Å²) in [4.78, 5) is 3.60. The summed E-state index contributed by atoms with van der Waals surface area (Å²) in [7, 11) is 1.96. The van der Waals surface area contributed by atoms with Crippen molar-refractivity contribution in [2.45, 2.75) is 12.2 Å². The fourth-order valence-electron chi connectivity index (χ4n) is 2.36. The minimum atomic E-state index is -4.11. The Kier molecular flexibility index (Phi) is 3.92. The van der Waals surface area contributed by atoms with Gasteiger partial charge in [-0.15, -0.1) is 0 Å². The monoisotopic (exact) mass is 258 g/mol. The molecule has 1 fully saturated rings. The van der Waals surface area contributed by atoms with Crippen LogP contribution in [0.2, 0.25) is 0 Å². The molecule has 2 nitrogen and oxygen atoms in total. The van der Waals surface area contributed by atoms with E-state index in [9.17, 15) is 13.2 Å². The number of halogens is 3. The number of benzene rings is 1. The van der Waals surface area contributed by atoms with Crippen LogP contribution in [0.25, 0.3) is 0 Å². The van der Waals surface area contributed by atoms with E-state index in [4.69, 9.17) is 0 Å². The second-order valence-corrected chi connectivity index (χ2v) is 4.76. The normalized spacial score (nSPS) is 23.2. The zero-order valence-corrected chi connectivity index (χ0v) is 10.3. The van der Waals surface area contributed by atoms with Crippen molar-refractivity contribution in [2.75, 3.05) is 33.2 Å². The van der Waals surface area contributed by atoms with E-state index in [2.05, 4.69) is 4.90 Å².